The van der Waals surface area contributed by atoms with Crippen LogP contribution in [0.2, 0.25) is 0 Å². The number of aliphatic hydroxyl groups is 2. The fraction of sp³-hybridized carbons (Fsp3) is 0.900. The molecule has 1 rings (SSSR count). The molecular formula is C50H97N3O4. The van der Waals surface area contributed by atoms with E-state index in [0.29, 0.717) is 39.1 Å². The van der Waals surface area contributed by atoms with Crippen LogP contribution in [0.25, 0.3) is 0 Å². The number of nitrogens with zero attached hydrogens (tertiary/aromatic N) is 3. The van der Waals surface area contributed by atoms with E-state index in [1.807, 2.05) is 0 Å². The molecule has 2 N–H and O–H groups in total. The van der Waals surface area contributed by atoms with Crippen LogP contribution in [0.15, 0.2) is 24.3 Å². The van der Waals surface area contributed by atoms with Gasteiger partial charge in [-0.15, -0.1) is 0 Å². The zero-order valence-corrected chi connectivity index (χ0v) is 38.3. The van der Waals surface area contributed by atoms with Crippen LogP contribution in [0.4, 0.5) is 0 Å². The van der Waals surface area contributed by atoms with Crippen LogP contribution in [0, 0.1) is 0 Å². The van der Waals surface area contributed by atoms with E-state index in [0.717, 1.165) is 71.2 Å². The molecule has 336 valence electrons. The molecule has 0 amide bonds. The van der Waals surface area contributed by atoms with Crippen molar-refractivity contribution >= 4 is 5.97 Å². The number of ether oxygens (including phenoxy) is 1. The molecule has 1 saturated heterocycles. The van der Waals surface area contributed by atoms with Crippen LogP contribution in [-0.4, -0.2) is 109 Å². The number of hydrogen-bond acceptors (Lipinski definition) is 7. The first-order chi connectivity index (χ1) is 28.0. The Hall–Kier alpha value is -1.25. The third-order valence-electron chi connectivity index (χ3n) is 11.9. The highest BCUT2D eigenvalue weighted by Gasteiger charge is 2.18. The molecule has 1 aliphatic heterocycles. The minimum absolute atomic E-state index is 0.132. The molecule has 0 spiro atoms. The maximum Gasteiger partial charge on any atom is 0.305 e. The van der Waals surface area contributed by atoms with Crippen LogP contribution in [0.3, 0.4) is 0 Å². The summed E-state index contributed by atoms with van der Waals surface area (Å²) in [5.41, 5.74) is 0. The van der Waals surface area contributed by atoms with Gasteiger partial charge < -0.3 is 19.8 Å². The Kier molecular flexibility index (Phi) is 39.1. The lowest BCUT2D eigenvalue weighted by Gasteiger charge is -2.34. The molecule has 57 heavy (non-hydrogen) atoms. The van der Waals surface area contributed by atoms with E-state index in [9.17, 15) is 15.0 Å². The quantitative estimate of drug-likeness (QED) is 0.0361. The van der Waals surface area contributed by atoms with Crippen molar-refractivity contribution in [2.75, 3.05) is 65.5 Å². The van der Waals surface area contributed by atoms with Crippen molar-refractivity contribution in [1.29, 1.82) is 0 Å². The lowest BCUT2D eigenvalue weighted by molar-refractivity contribution is -0.144. The van der Waals surface area contributed by atoms with Crippen molar-refractivity contribution in [1.82, 2.24) is 14.7 Å². The summed E-state index contributed by atoms with van der Waals surface area (Å²) in [6, 6.07) is 0. The van der Waals surface area contributed by atoms with Gasteiger partial charge in [0.05, 0.1) is 12.2 Å². The fourth-order valence-electron chi connectivity index (χ4n) is 8.01. The van der Waals surface area contributed by atoms with E-state index in [2.05, 4.69) is 59.8 Å². The van der Waals surface area contributed by atoms with Crippen molar-refractivity contribution in [2.45, 2.75) is 226 Å². The average Bonchev–Trinajstić information content (AvgIpc) is 3.20. The highest BCUT2D eigenvalue weighted by atomic mass is 16.5. The second-order valence-electron chi connectivity index (χ2n) is 17.5. The zero-order valence-electron chi connectivity index (χ0n) is 38.3. The number of hydrogen-bond donors (Lipinski definition) is 2. The summed E-state index contributed by atoms with van der Waals surface area (Å²) >= 11 is 0. The van der Waals surface area contributed by atoms with Crippen molar-refractivity contribution < 1.29 is 19.7 Å². The van der Waals surface area contributed by atoms with Crippen molar-refractivity contribution in [3.8, 4) is 0 Å². The Morgan fingerprint density at radius 1 is 0.526 bits per heavy atom. The number of allylic oxidation sites excluding steroid dienone is 4. The zero-order chi connectivity index (χ0) is 41.3. The Morgan fingerprint density at radius 2 is 0.912 bits per heavy atom. The minimum atomic E-state index is -0.405. The Balaban J connectivity index is 2.33. The van der Waals surface area contributed by atoms with Crippen molar-refractivity contribution in [2.24, 2.45) is 0 Å². The van der Waals surface area contributed by atoms with Gasteiger partial charge in [-0.2, -0.15) is 0 Å². The third kappa shape index (κ3) is 36.3. The van der Waals surface area contributed by atoms with E-state index in [4.69, 9.17) is 4.74 Å². The maximum absolute atomic E-state index is 12.6. The van der Waals surface area contributed by atoms with Gasteiger partial charge in [0.25, 0.3) is 0 Å². The normalized spacial score (nSPS) is 15.4. The summed E-state index contributed by atoms with van der Waals surface area (Å²) in [6.45, 7) is 15.4. The van der Waals surface area contributed by atoms with E-state index < -0.39 is 12.2 Å². The average molecular weight is 804 g/mol. The van der Waals surface area contributed by atoms with Gasteiger partial charge in [0, 0.05) is 52.2 Å². The highest BCUT2D eigenvalue weighted by molar-refractivity contribution is 5.69. The highest BCUT2D eigenvalue weighted by Crippen LogP contribution is 2.14. The molecule has 0 aromatic carbocycles. The predicted octanol–water partition coefficient (Wildman–Crippen LogP) is 12.0. The standard InChI is InChI=1S/C50H97N3O4/c1-4-7-10-12-14-16-18-20-22-24-26-28-30-32-35-48(54)46-53(39-34-37-50(56)57-45-44-52-42-40-51(41-43-52)38-9-6-3)47-49(55)36-33-31-29-27-25-23-21-19-17-15-13-11-8-5-2/h20-23,48-49,54-55H,4-19,24-47H2,1-3H3/b22-20-,23-21-. The van der Waals surface area contributed by atoms with Gasteiger partial charge in [-0.1, -0.05) is 154 Å². The monoisotopic (exact) mass is 804 g/mol. The van der Waals surface area contributed by atoms with Crippen LogP contribution < -0.4 is 0 Å². The van der Waals surface area contributed by atoms with E-state index >= 15 is 0 Å². The van der Waals surface area contributed by atoms with E-state index in [-0.39, 0.29) is 5.97 Å². The first kappa shape index (κ1) is 53.8. The third-order valence-corrected chi connectivity index (χ3v) is 11.9. The van der Waals surface area contributed by atoms with Gasteiger partial charge in [-0.3, -0.25) is 14.6 Å². The lowest BCUT2D eigenvalue weighted by Crippen LogP contribution is -2.47. The molecule has 7 nitrogen and oxygen atoms in total. The summed E-state index contributed by atoms with van der Waals surface area (Å²) in [5, 5.41) is 22.0. The van der Waals surface area contributed by atoms with E-state index in [1.54, 1.807) is 0 Å². The molecule has 0 bridgehead atoms. The van der Waals surface area contributed by atoms with E-state index in [1.165, 1.54) is 148 Å². The molecule has 0 saturated carbocycles. The number of unbranched alkanes of at least 4 members (excludes halogenated alkanes) is 21. The van der Waals surface area contributed by atoms with Crippen molar-refractivity contribution in [3.05, 3.63) is 24.3 Å². The molecule has 7 heteroatoms. The van der Waals surface area contributed by atoms with Gasteiger partial charge >= 0.3 is 5.97 Å². The van der Waals surface area contributed by atoms with Crippen LogP contribution in [0.5, 0.6) is 0 Å². The minimum Gasteiger partial charge on any atom is -0.464 e. The van der Waals surface area contributed by atoms with Gasteiger partial charge in [0.1, 0.15) is 6.61 Å². The summed E-state index contributed by atoms with van der Waals surface area (Å²) < 4.78 is 5.63. The Labute approximate surface area is 354 Å². The topological polar surface area (TPSA) is 76.5 Å². The fourth-order valence-corrected chi connectivity index (χ4v) is 8.01. The van der Waals surface area contributed by atoms with Gasteiger partial charge in [-0.25, -0.2) is 0 Å². The number of carbonyl (C=O) groups is 1. The molecule has 0 aromatic rings. The summed E-state index contributed by atoms with van der Waals surface area (Å²) in [6.07, 6.45) is 44.2. The molecule has 2 atom stereocenters. The van der Waals surface area contributed by atoms with Crippen molar-refractivity contribution in [3.63, 3.8) is 0 Å². The Morgan fingerprint density at radius 3 is 1.35 bits per heavy atom. The molecule has 1 aliphatic rings. The smallest absolute Gasteiger partial charge is 0.305 e. The van der Waals surface area contributed by atoms with Crippen LogP contribution >= 0.6 is 0 Å². The summed E-state index contributed by atoms with van der Waals surface area (Å²) in [5.74, 6) is -0.132. The second kappa shape index (κ2) is 41.5. The molecule has 0 aliphatic carbocycles. The number of carbonyl (C=O) groups excluding carboxylic acids is 1. The van der Waals surface area contributed by atoms with Crippen LogP contribution in [0.1, 0.15) is 213 Å². The number of piperazine rings is 1. The first-order valence-electron chi connectivity index (χ1n) is 25.0. The molecule has 2 unspecified atom stereocenters. The second-order valence-corrected chi connectivity index (χ2v) is 17.5. The number of aliphatic hydroxyl groups excluding tert-OH is 2. The SMILES string of the molecule is CCCCCCCC/C=C\CCCCCCC(O)CN(CCCC(=O)OCCN1CCN(CCCC)CC1)CC(O)CCCCCC/C=C\CCCCCCCC. The summed E-state index contributed by atoms with van der Waals surface area (Å²) in [7, 11) is 0. The lowest BCUT2D eigenvalue weighted by atomic mass is 10.1. The Bertz CT molecular complexity index is 860. The molecule has 1 heterocycles. The molecule has 0 aromatic heterocycles. The van der Waals surface area contributed by atoms with Gasteiger partial charge in [-0.05, 0) is 90.1 Å². The van der Waals surface area contributed by atoms with Crippen LogP contribution in [-0.2, 0) is 9.53 Å². The largest absolute Gasteiger partial charge is 0.464 e. The summed E-state index contributed by atoms with van der Waals surface area (Å²) in [4.78, 5) is 19.8. The molecular weight excluding hydrogens is 707 g/mol. The van der Waals surface area contributed by atoms with Gasteiger partial charge in [0.2, 0.25) is 0 Å². The first-order valence-corrected chi connectivity index (χ1v) is 25.0. The molecule has 0 radical (unpaired) electrons. The predicted molar refractivity (Wildman–Crippen MR) is 246 cm³/mol. The van der Waals surface area contributed by atoms with Gasteiger partial charge in [0.15, 0.2) is 0 Å². The maximum atomic E-state index is 12.6. The number of rotatable bonds is 42. The number of esters is 1. The molecule has 1 fully saturated rings.